The third kappa shape index (κ3) is 3.58. The van der Waals surface area contributed by atoms with Gasteiger partial charge >= 0.3 is 0 Å². The lowest BCUT2D eigenvalue weighted by atomic mass is 10.2. The van der Waals surface area contributed by atoms with Crippen LogP contribution in [0.5, 0.6) is 0 Å². The number of benzene rings is 1. The van der Waals surface area contributed by atoms with Crippen LogP contribution in [0.3, 0.4) is 0 Å². The molecule has 0 unspecified atom stereocenters. The van der Waals surface area contributed by atoms with Gasteiger partial charge < -0.3 is 10.2 Å². The summed E-state index contributed by atoms with van der Waals surface area (Å²) >= 11 is 0. The van der Waals surface area contributed by atoms with Gasteiger partial charge in [-0.1, -0.05) is 24.6 Å². The van der Waals surface area contributed by atoms with E-state index in [9.17, 15) is 4.39 Å². The maximum absolute atomic E-state index is 14.7. The van der Waals surface area contributed by atoms with Crippen molar-refractivity contribution in [3.05, 3.63) is 53.5 Å². The smallest absolute Gasteiger partial charge is 0.170 e. The predicted octanol–water partition coefficient (Wildman–Crippen LogP) is 3.80. The maximum atomic E-state index is 14.7. The van der Waals surface area contributed by atoms with Crippen molar-refractivity contribution in [2.75, 3.05) is 18.0 Å². The average molecular weight is 287 g/mol. The lowest BCUT2D eigenvalue weighted by Crippen LogP contribution is -2.21. The normalized spacial score (nSPS) is 10.7. The standard InChI is InChI=1S/C17H22FN3/c1-4-19-12-14-10-11-20-17(16(14)18)21(5-2)15-8-6-13(3)7-9-15/h6-11,19H,4-5,12H2,1-3H3. The largest absolute Gasteiger partial charge is 0.324 e. The molecule has 0 aliphatic heterocycles. The van der Waals surface area contributed by atoms with Crippen LogP contribution in [0.25, 0.3) is 0 Å². The Kier molecular flexibility index (Phi) is 5.28. The molecule has 1 aromatic heterocycles. The van der Waals surface area contributed by atoms with Gasteiger partial charge in [-0.05, 0) is 38.6 Å². The van der Waals surface area contributed by atoms with E-state index in [1.807, 2.05) is 49.9 Å². The first kappa shape index (κ1) is 15.4. The Morgan fingerprint density at radius 1 is 1.14 bits per heavy atom. The molecule has 3 nitrogen and oxygen atoms in total. The van der Waals surface area contributed by atoms with Crippen molar-refractivity contribution >= 4 is 11.5 Å². The number of pyridine rings is 1. The Balaban J connectivity index is 2.35. The average Bonchev–Trinajstić information content (AvgIpc) is 2.50. The van der Waals surface area contributed by atoms with Crippen LogP contribution >= 0.6 is 0 Å². The molecule has 0 saturated heterocycles. The number of halogens is 1. The molecule has 1 N–H and O–H groups in total. The van der Waals surface area contributed by atoms with Crippen molar-refractivity contribution in [3.63, 3.8) is 0 Å². The van der Waals surface area contributed by atoms with Crippen LogP contribution in [0.15, 0.2) is 36.5 Å². The van der Waals surface area contributed by atoms with Gasteiger partial charge in [0.1, 0.15) is 0 Å². The zero-order valence-corrected chi connectivity index (χ0v) is 12.9. The molecule has 1 aromatic carbocycles. The molecule has 2 aromatic rings. The molecule has 0 aliphatic rings. The molecule has 0 atom stereocenters. The molecule has 0 bridgehead atoms. The van der Waals surface area contributed by atoms with Crippen molar-refractivity contribution in [1.29, 1.82) is 0 Å². The summed E-state index contributed by atoms with van der Waals surface area (Å²) in [5.41, 5.74) is 2.78. The number of aromatic nitrogens is 1. The highest BCUT2D eigenvalue weighted by Crippen LogP contribution is 2.27. The van der Waals surface area contributed by atoms with Crippen molar-refractivity contribution in [2.24, 2.45) is 0 Å². The Labute approximate surface area is 125 Å². The molecule has 0 aliphatic carbocycles. The minimum atomic E-state index is -0.249. The third-order valence-electron chi connectivity index (χ3n) is 3.43. The van der Waals surface area contributed by atoms with Gasteiger partial charge in [0.25, 0.3) is 0 Å². The van der Waals surface area contributed by atoms with Crippen molar-refractivity contribution in [1.82, 2.24) is 10.3 Å². The van der Waals surface area contributed by atoms with Gasteiger partial charge in [-0.25, -0.2) is 9.37 Å². The minimum absolute atomic E-state index is 0.249. The zero-order chi connectivity index (χ0) is 15.2. The van der Waals surface area contributed by atoms with E-state index < -0.39 is 0 Å². The SMILES string of the molecule is CCNCc1ccnc(N(CC)c2ccc(C)cc2)c1F. The van der Waals surface area contributed by atoms with Crippen molar-refractivity contribution in [3.8, 4) is 0 Å². The summed E-state index contributed by atoms with van der Waals surface area (Å²) in [6.07, 6.45) is 1.67. The molecule has 21 heavy (non-hydrogen) atoms. The predicted molar refractivity (Wildman–Crippen MR) is 85.4 cm³/mol. The van der Waals surface area contributed by atoms with E-state index in [1.165, 1.54) is 5.56 Å². The van der Waals surface area contributed by atoms with Gasteiger partial charge in [0.15, 0.2) is 11.6 Å². The van der Waals surface area contributed by atoms with Crippen LogP contribution in [0, 0.1) is 12.7 Å². The van der Waals surface area contributed by atoms with Crippen LogP contribution in [-0.2, 0) is 6.54 Å². The molecule has 4 heteroatoms. The second-order valence-corrected chi connectivity index (χ2v) is 4.97. The number of rotatable bonds is 6. The topological polar surface area (TPSA) is 28.2 Å². The second kappa shape index (κ2) is 7.18. The molecule has 0 amide bonds. The van der Waals surface area contributed by atoms with E-state index in [1.54, 1.807) is 12.3 Å². The Hall–Kier alpha value is -1.94. The first-order chi connectivity index (χ1) is 10.2. The highest BCUT2D eigenvalue weighted by atomic mass is 19.1. The van der Waals surface area contributed by atoms with E-state index in [4.69, 9.17) is 0 Å². The van der Waals surface area contributed by atoms with Gasteiger partial charge in [-0.3, -0.25) is 0 Å². The lowest BCUT2D eigenvalue weighted by molar-refractivity contribution is 0.586. The number of nitrogens with one attached hydrogen (secondary N) is 1. The molecule has 1 heterocycles. The molecule has 0 spiro atoms. The first-order valence-electron chi connectivity index (χ1n) is 7.35. The van der Waals surface area contributed by atoms with Crippen molar-refractivity contribution < 1.29 is 4.39 Å². The third-order valence-corrected chi connectivity index (χ3v) is 3.43. The summed E-state index contributed by atoms with van der Waals surface area (Å²) in [5.74, 6) is 0.137. The number of hydrogen-bond acceptors (Lipinski definition) is 3. The fourth-order valence-corrected chi connectivity index (χ4v) is 2.23. The van der Waals surface area contributed by atoms with E-state index >= 15 is 0 Å². The van der Waals surface area contributed by atoms with Gasteiger partial charge in [-0.15, -0.1) is 0 Å². The summed E-state index contributed by atoms with van der Waals surface area (Å²) in [7, 11) is 0. The van der Waals surface area contributed by atoms with Crippen LogP contribution < -0.4 is 10.2 Å². The monoisotopic (exact) mass is 287 g/mol. The number of nitrogens with zero attached hydrogens (tertiary/aromatic N) is 2. The Bertz CT molecular complexity index is 581. The van der Waals surface area contributed by atoms with Crippen LogP contribution in [0.2, 0.25) is 0 Å². The number of anilines is 2. The molecule has 112 valence electrons. The van der Waals surface area contributed by atoms with Crippen molar-refractivity contribution in [2.45, 2.75) is 27.3 Å². The fourth-order valence-electron chi connectivity index (χ4n) is 2.23. The summed E-state index contributed by atoms with van der Waals surface area (Å²) in [6.45, 7) is 8.03. The first-order valence-corrected chi connectivity index (χ1v) is 7.35. The minimum Gasteiger partial charge on any atom is -0.324 e. The molecular weight excluding hydrogens is 265 g/mol. The number of aryl methyl sites for hydroxylation is 1. The molecule has 0 fully saturated rings. The quantitative estimate of drug-likeness (QED) is 0.876. The molecular formula is C17H22FN3. The highest BCUT2D eigenvalue weighted by molar-refractivity contribution is 5.61. The number of hydrogen-bond donors (Lipinski definition) is 1. The lowest BCUT2D eigenvalue weighted by Gasteiger charge is -2.23. The fraction of sp³-hybridized carbons (Fsp3) is 0.353. The summed E-state index contributed by atoms with van der Waals surface area (Å²) < 4.78 is 14.7. The van der Waals surface area contributed by atoms with Crippen LogP contribution in [0.1, 0.15) is 25.0 Å². The highest BCUT2D eigenvalue weighted by Gasteiger charge is 2.16. The maximum Gasteiger partial charge on any atom is 0.170 e. The van der Waals surface area contributed by atoms with Gasteiger partial charge in [0.2, 0.25) is 0 Å². The van der Waals surface area contributed by atoms with E-state index in [0.29, 0.717) is 24.5 Å². The van der Waals surface area contributed by atoms with E-state index in [2.05, 4.69) is 10.3 Å². The van der Waals surface area contributed by atoms with Crippen LogP contribution in [0.4, 0.5) is 15.9 Å². The Morgan fingerprint density at radius 3 is 2.48 bits per heavy atom. The Morgan fingerprint density at radius 2 is 1.86 bits per heavy atom. The van der Waals surface area contributed by atoms with Gasteiger partial charge in [0, 0.05) is 30.5 Å². The zero-order valence-electron chi connectivity index (χ0n) is 12.9. The van der Waals surface area contributed by atoms with Gasteiger partial charge in [0.05, 0.1) is 0 Å². The summed E-state index contributed by atoms with van der Waals surface area (Å²) in [5, 5.41) is 3.15. The van der Waals surface area contributed by atoms with Crippen LogP contribution in [-0.4, -0.2) is 18.1 Å². The van der Waals surface area contributed by atoms with E-state index in [0.717, 1.165) is 12.2 Å². The van der Waals surface area contributed by atoms with Gasteiger partial charge in [-0.2, -0.15) is 0 Å². The molecule has 2 rings (SSSR count). The summed E-state index contributed by atoms with van der Waals surface area (Å²) in [6, 6.07) is 9.77. The molecule has 0 saturated carbocycles. The second-order valence-electron chi connectivity index (χ2n) is 4.97. The van der Waals surface area contributed by atoms with E-state index in [-0.39, 0.29) is 5.82 Å². The molecule has 0 radical (unpaired) electrons. The summed E-state index contributed by atoms with van der Waals surface area (Å²) in [4.78, 5) is 6.13.